The Kier molecular flexibility index (Phi) is 5.33. The maximum atomic E-state index is 12.9. The van der Waals surface area contributed by atoms with Gasteiger partial charge in [-0.2, -0.15) is 0 Å². The number of oxime groups is 1. The van der Waals surface area contributed by atoms with Gasteiger partial charge in [0.15, 0.2) is 6.10 Å². The zero-order valence-electron chi connectivity index (χ0n) is 16.4. The van der Waals surface area contributed by atoms with Gasteiger partial charge in [-0.3, -0.25) is 4.79 Å². The Morgan fingerprint density at radius 2 is 2.04 bits per heavy atom. The molecule has 0 radical (unpaired) electrons. The maximum absolute atomic E-state index is 12.9. The van der Waals surface area contributed by atoms with Crippen molar-refractivity contribution in [2.45, 2.75) is 38.8 Å². The van der Waals surface area contributed by atoms with Gasteiger partial charge in [-0.15, -0.1) is 0 Å². The lowest BCUT2D eigenvalue weighted by atomic mass is 10.00. The Bertz CT molecular complexity index is 889. The molecule has 5 nitrogen and oxygen atoms in total. The van der Waals surface area contributed by atoms with Crippen LogP contribution in [0.4, 0.5) is 0 Å². The molecule has 0 bridgehead atoms. The lowest BCUT2D eigenvalue weighted by Crippen LogP contribution is -2.38. The van der Waals surface area contributed by atoms with Crippen molar-refractivity contribution in [2.24, 2.45) is 11.1 Å². The summed E-state index contributed by atoms with van der Waals surface area (Å²) < 4.78 is 5.32. The Hall–Kier alpha value is -2.82. The Morgan fingerprint density at radius 1 is 1.21 bits per heavy atom. The van der Waals surface area contributed by atoms with Crippen LogP contribution in [0.5, 0.6) is 5.75 Å². The van der Waals surface area contributed by atoms with Gasteiger partial charge < -0.3 is 14.5 Å². The molecule has 146 valence electrons. The summed E-state index contributed by atoms with van der Waals surface area (Å²) in [6, 6.07) is 16.1. The normalized spacial score (nSPS) is 18.4. The van der Waals surface area contributed by atoms with E-state index >= 15 is 0 Å². The average Bonchev–Trinajstić information content (AvgIpc) is 3.47. The van der Waals surface area contributed by atoms with Gasteiger partial charge in [-0.25, -0.2) is 0 Å². The zero-order valence-corrected chi connectivity index (χ0v) is 16.4. The topological polar surface area (TPSA) is 51.1 Å². The third-order valence-electron chi connectivity index (χ3n) is 5.36. The van der Waals surface area contributed by atoms with Crippen LogP contribution in [-0.4, -0.2) is 36.3 Å². The number of amides is 1. The minimum absolute atomic E-state index is 0.108. The van der Waals surface area contributed by atoms with Crippen LogP contribution in [0.15, 0.2) is 53.7 Å². The van der Waals surface area contributed by atoms with E-state index in [-0.39, 0.29) is 17.9 Å². The largest absolute Gasteiger partial charge is 0.497 e. The summed E-state index contributed by atoms with van der Waals surface area (Å²) in [5, 5.41) is 4.31. The van der Waals surface area contributed by atoms with Crippen LogP contribution in [0.1, 0.15) is 36.0 Å². The molecule has 0 unspecified atom stereocenters. The lowest BCUT2D eigenvalue weighted by molar-refractivity contribution is -0.135. The van der Waals surface area contributed by atoms with Gasteiger partial charge >= 0.3 is 0 Å². The first-order valence-corrected chi connectivity index (χ1v) is 9.84. The Labute approximate surface area is 165 Å². The minimum Gasteiger partial charge on any atom is -0.497 e. The van der Waals surface area contributed by atoms with E-state index in [1.165, 1.54) is 5.56 Å². The first kappa shape index (κ1) is 18.5. The number of carbonyl (C=O) groups excluding carboxylic acids is 1. The van der Waals surface area contributed by atoms with Crippen LogP contribution >= 0.6 is 0 Å². The predicted molar refractivity (Wildman–Crippen MR) is 108 cm³/mol. The van der Waals surface area contributed by atoms with E-state index in [0.29, 0.717) is 13.1 Å². The van der Waals surface area contributed by atoms with Crippen molar-refractivity contribution in [3.05, 3.63) is 65.2 Å². The molecule has 0 N–H and O–H groups in total. The third-order valence-corrected chi connectivity index (χ3v) is 5.36. The van der Waals surface area contributed by atoms with Crippen LogP contribution < -0.4 is 4.74 Å². The van der Waals surface area contributed by atoms with Crippen LogP contribution in [0, 0.1) is 12.8 Å². The number of benzene rings is 2. The molecule has 1 amide bonds. The summed E-state index contributed by atoms with van der Waals surface area (Å²) in [6.07, 6.45) is 2.59. The van der Waals surface area contributed by atoms with Gasteiger partial charge in [0.1, 0.15) is 5.75 Å². The van der Waals surface area contributed by atoms with E-state index in [0.717, 1.165) is 41.9 Å². The molecule has 1 heterocycles. The van der Waals surface area contributed by atoms with Gasteiger partial charge in [0.05, 0.1) is 19.4 Å². The number of hydrogen-bond donors (Lipinski definition) is 0. The Balaban J connectivity index is 1.45. The van der Waals surface area contributed by atoms with Gasteiger partial charge in [0.25, 0.3) is 0 Å². The molecule has 1 aliphatic carbocycles. The second-order valence-corrected chi connectivity index (χ2v) is 7.63. The lowest BCUT2D eigenvalue weighted by Gasteiger charge is -2.25. The smallest absolute Gasteiger partial charge is 0.226 e. The average molecular weight is 378 g/mol. The highest BCUT2D eigenvalue weighted by Gasteiger charge is 2.35. The van der Waals surface area contributed by atoms with E-state index in [1.54, 1.807) is 7.11 Å². The fourth-order valence-electron chi connectivity index (χ4n) is 3.64. The number of carbonyl (C=O) groups is 1. The van der Waals surface area contributed by atoms with Crippen molar-refractivity contribution >= 4 is 11.6 Å². The fourth-order valence-corrected chi connectivity index (χ4v) is 3.64. The molecule has 1 aliphatic heterocycles. The molecule has 1 atom stereocenters. The van der Waals surface area contributed by atoms with Crippen LogP contribution in [-0.2, 0) is 16.2 Å². The van der Waals surface area contributed by atoms with Gasteiger partial charge in [0.2, 0.25) is 5.91 Å². The summed E-state index contributed by atoms with van der Waals surface area (Å²) in [4.78, 5) is 20.5. The number of hydrogen-bond acceptors (Lipinski definition) is 4. The van der Waals surface area contributed by atoms with E-state index in [1.807, 2.05) is 41.3 Å². The molecular weight excluding hydrogens is 352 g/mol. The molecule has 1 fully saturated rings. The number of nitrogens with zero attached hydrogens (tertiary/aromatic N) is 2. The summed E-state index contributed by atoms with van der Waals surface area (Å²) >= 11 is 0. The van der Waals surface area contributed by atoms with Crippen LogP contribution in [0.25, 0.3) is 0 Å². The SMILES string of the molecule is COc1cccc(CN(C[C@H]2CC(c3ccccc3C)=NO2)C(=O)C2CC2)c1. The van der Waals surface area contributed by atoms with E-state index in [4.69, 9.17) is 9.57 Å². The number of aryl methyl sites for hydroxylation is 1. The summed E-state index contributed by atoms with van der Waals surface area (Å²) in [7, 11) is 1.66. The summed E-state index contributed by atoms with van der Waals surface area (Å²) in [5.74, 6) is 1.19. The van der Waals surface area contributed by atoms with Gasteiger partial charge in [-0.1, -0.05) is 41.6 Å². The molecule has 4 rings (SSSR count). The van der Waals surface area contributed by atoms with E-state index in [9.17, 15) is 4.79 Å². The van der Waals surface area contributed by atoms with Crippen molar-refractivity contribution in [1.29, 1.82) is 0 Å². The Morgan fingerprint density at radius 3 is 2.79 bits per heavy atom. The van der Waals surface area contributed by atoms with Crippen LogP contribution in [0.2, 0.25) is 0 Å². The van der Waals surface area contributed by atoms with Gasteiger partial charge in [-0.05, 0) is 43.0 Å². The van der Waals surface area contributed by atoms with Crippen molar-refractivity contribution < 1.29 is 14.4 Å². The van der Waals surface area contributed by atoms with Gasteiger partial charge in [0, 0.05) is 24.4 Å². The monoisotopic (exact) mass is 378 g/mol. The molecule has 2 aromatic rings. The highest BCUT2D eigenvalue weighted by atomic mass is 16.6. The molecule has 1 saturated carbocycles. The first-order chi connectivity index (χ1) is 13.6. The highest BCUT2D eigenvalue weighted by molar-refractivity contribution is 6.02. The third kappa shape index (κ3) is 4.19. The van der Waals surface area contributed by atoms with Crippen molar-refractivity contribution in [1.82, 2.24) is 4.90 Å². The standard InChI is InChI=1S/C23H26N2O3/c1-16-6-3-4-9-21(16)22-13-20(28-24-22)15-25(23(26)18-10-11-18)14-17-7-5-8-19(12-17)27-2/h3-9,12,18,20H,10-11,13-15H2,1-2H3/t20-/m1/s1. The minimum atomic E-state index is -0.108. The molecule has 2 aromatic carbocycles. The van der Waals surface area contributed by atoms with Crippen LogP contribution in [0.3, 0.4) is 0 Å². The molecule has 0 aromatic heterocycles. The molecule has 0 spiro atoms. The molecule has 2 aliphatic rings. The summed E-state index contributed by atoms with van der Waals surface area (Å²) in [5.41, 5.74) is 4.33. The fraction of sp³-hybridized carbons (Fsp3) is 0.391. The molecular formula is C23H26N2O3. The number of methoxy groups -OCH3 is 1. The van der Waals surface area contributed by atoms with Crippen molar-refractivity contribution in [2.75, 3.05) is 13.7 Å². The summed E-state index contributed by atoms with van der Waals surface area (Å²) in [6.45, 7) is 3.19. The molecule has 0 saturated heterocycles. The number of rotatable bonds is 7. The second kappa shape index (κ2) is 8.05. The molecule has 5 heteroatoms. The maximum Gasteiger partial charge on any atom is 0.226 e. The quantitative estimate of drug-likeness (QED) is 0.733. The van der Waals surface area contributed by atoms with Crippen molar-refractivity contribution in [3.8, 4) is 5.75 Å². The second-order valence-electron chi connectivity index (χ2n) is 7.63. The van der Waals surface area contributed by atoms with Crippen molar-refractivity contribution in [3.63, 3.8) is 0 Å². The zero-order chi connectivity index (χ0) is 19.5. The van der Waals surface area contributed by atoms with E-state index < -0.39 is 0 Å². The number of ether oxygens (including phenoxy) is 1. The first-order valence-electron chi connectivity index (χ1n) is 9.84. The molecule has 28 heavy (non-hydrogen) atoms. The van der Waals surface area contributed by atoms with E-state index in [2.05, 4.69) is 24.2 Å². The predicted octanol–water partition coefficient (Wildman–Crippen LogP) is 3.94. The highest BCUT2D eigenvalue weighted by Crippen LogP contribution is 2.32.